The fraction of sp³-hybridized carbons (Fsp3) is 0.481. The summed E-state index contributed by atoms with van der Waals surface area (Å²) in [5.74, 6) is -2.70. The van der Waals surface area contributed by atoms with Gasteiger partial charge in [0.25, 0.3) is 5.92 Å². The van der Waals surface area contributed by atoms with E-state index in [0.717, 1.165) is 12.1 Å². The quantitative estimate of drug-likeness (QED) is 0.413. The van der Waals surface area contributed by atoms with Crippen LogP contribution in [-0.4, -0.2) is 88.5 Å². The number of ether oxygens (including phenoxy) is 1. The number of nitrogens with zero attached hydrogens (tertiary/aromatic N) is 6. The molecular formula is C27H29ClF5N7O2. The van der Waals surface area contributed by atoms with Gasteiger partial charge in [0.2, 0.25) is 5.91 Å². The predicted molar refractivity (Wildman–Crippen MR) is 148 cm³/mol. The molecule has 15 heteroatoms. The van der Waals surface area contributed by atoms with E-state index in [1.54, 1.807) is 18.9 Å². The molecule has 1 aromatic carbocycles. The van der Waals surface area contributed by atoms with Crippen LogP contribution in [-0.2, 0) is 11.0 Å². The number of carbonyl (C=O) groups excluding carboxylic acids is 1. The highest BCUT2D eigenvalue weighted by Crippen LogP contribution is 2.42. The van der Waals surface area contributed by atoms with Crippen molar-refractivity contribution < 1.29 is 31.5 Å². The predicted octanol–water partition coefficient (Wildman–Crippen LogP) is 4.72. The van der Waals surface area contributed by atoms with Crippen molar-refractivity contribution in [3.8, 4) is 17.3 Å². The number of likely N-dealkylation sites (N-methyl/N-ethyl adjacent to an activating group) is 1. The molecule has 2 fully saturated rings. The normalized spacial score (nSPS) is 21.3. The third-order valence-corrected chi connectivity index (χ3v) is 8.10. The number of alkyl halides is 5. The number of likely N-dealkylation sites (tertiary alicyclic amines) is 1. The van der Waals surface area contributed by atoms with Gasteiger partial charge in [-0.2, -0.15) is 23.1 Å². The summed E-state index contributed by atoms with van der Waals surface area (Å²) >= 11 is 6.55. The van der Waals surface area contributed by atoms with E-state index in [0.29, 0.717) is 37.4 Å². The molecule has 2 aliphatic heterocycles. The maximum absolute atomic E-state index is 14.1. The number of hydrogen-bond acceptors (Lipinski definition) is 8. The van der Waals surface area contributed by atoms with Crippen molar-refractivity contribution in [2.45, 2.75) is 37.9 Å². The van der Waals surface area contributed by atoms with Crippen LogP contribution in [0.3, 0.4) is 0 Å². The van der Waals surface area contributed by atoms with E-state index in [9.17, 15) is 26.7 Å². The van der Waals surface area contributed by atoms with Crippen LogP contribution < -0.4 is 15.4 Å². The first-order valence-corrected chi connectivity index (χ1v) is 13.5. The second kappa shape index (κ2) is 10.6. The lowest BCUT2D eigenvalue weighted by Crippen LogP contribution is -2.48. The summed E-state index contributed by atoms with van der Waals surface area (Å²) in [5.41, 5.74) is 3.39. The number of fused-ring (bicyclic) bond motifs is 1. The molecule has 0 radical (unpaired) electrons. The molecule has 3 aromatic rings. The lowest BCUT2D eigenvalue weighted by Gasteiger charge is -2.35. The van der Waals surface area contributed by atoms with Crippen LogP contribution in [0.5, 0.6) is 6.01 Å². The molecule has 0 spiro atoms. The Labute approximate surface area is 243 Å². The first-order valence-electron chi connectivity index (χ1n) is 13.1. The molecule has 1 unspecified atom stereocenters. The van der Waals surface area contributed by atoms with E-state index < -0.39 is 41.9 Å². The monoisotopic (exact) mass is 613 g/mol. The van der Waals surface area contributed by atoms with Gasteiger partial charge in [-0.15, -0.1) is 0 Å². The van der Waals surface area contributed by atoms with Crippen molar-refractivity contribution in [3.63, 3.8) is 0 Å². The topological polar surface area (TPSA) is 101 Å². The number of hydrogen-bond donors (Lipinski definition) is 1. The van der Waals surface area contributed by atoms with Gasteiger partial charge in [0, 0.05) is 50.5 Å². The molecule has 1 amide bonds. The fourth-order valence-electron chi connectivity index (χ4n) is 5.41. The van der Waals surface area contributed by atoms with Crippen LogP contribution in [0.1, 0.15) is 25.8 Å². The summed E-state index contributed by atoms with van der Waals surface area (Å²) in [6.45, 7) is 4.21. The van der Waals surface area contributed by atoms with E-state index in [1.807, 2.05) is 4.90 Å². The molecule has 5 rings (SSSR count). The maximum Gasteiger partial charge on any atom is 0.418 e. The average molecular weight is 614 g/mol. The van der Waals surface area contributed by atoms with Gasteiger partial charge in [-0.1, -0.05) is 11.6 Å². The number of amides is 1. The van der Waals surface area contributed by atoms with Gasteiger partial charge >= 0.3 is 12.2 Å². The van der Waals surface area contributed by atoms with Gasteiger partial charge in [-0.05, 0) is 38.2 Å². The molecule has 226 valence electrons. The molecule has 2 N–H and O–H groups in total. The van der Waals surface area contributed by atoms with Crippen molar-refractivity contribution in [3.05, 3.63) is 34.9 Å². The second-order valence-electron chi connectivity index (χ2n) is 11.0. The van der Waals surface area contributed by atoms with Crippen LogP contribution in [0, 0.1) is 0 Å². The Morgan fingerprint density at radius 2 is 1.81 bits per heavy atom. The number of halogens is 6. The molecule has 2 saturated heterocycles. The molecule has 0 aliphatic carbocycles. The summed E-state index contributed by atoms with van der Waals surface area (Å²) in [5, 5.41) is 0.398. The number of benzene rings is 1. The second-order valence-corrected chi connectivity index (χ2v) is 11.4. The van der Waals surface area contributed by atoms with Crippen molar-refractivity contribution in [1.82, 2.24) is 24.8 Å². The number of anilines is 2. The van der Waals surface area contributed by atoms with Crippen LogP contribution in [0.2, 0.25) is 5.02 Å². The first-order chi connectivity index (χ1) is 19.6. The number of piperazine rings is 1. The molecule has 42 heavy (non-hydrogen) atoms. The summed E-state index contributed by atoms with van der Waals surface area (Å²) in [6, 6.07) is 4.57. The van der Waals surface area contributed by atoms with Gasteiger partial charge in [0.15, 0.2) is 0 Å². The number of carbonyl (C=O) groups is 1. The summed E-state index contributed by atoms with van der Waals surface area (Å²) in [7, 11) is 1.58. The number of aromatic nitrogens is 3. The van der Waals surface area contributed by atoms with E-state index >= 15 is 0 Å². The minimum absolute atomic E-state index is 0.0330. The summed E-state index contributed by atoms with van der Waals surface area (Å²) < 4.78 is 75.8. The summed E-state index contributed by atoms with van der Waals surface area (Å²) in [4.78, 5) is 29.9. The highest BCUT2D eigenvalue weighted by atomic mass is 35.5. The number of rotatable bonds is 5. The number of nitrogens with two attached hydrogens (primary N) is 1. The zero-order valence-corrected chi connectivity index (χ0v) is 23.9. The van der Waals surface area contributed by atoms with E-state index in [4.69, 9.17) is 22.1 Å². The fourth-order valence-corrected chi connectivity index (χ4v) is 5.66. The zero-order chi connectivity index (χ0) is 30.6. The van der Waals surface area contributed by atoms with Crippen LogP contribution in [0.4, 0.5) is 33.6 Å². The van der Waals surface area contributed by atoms with Crippen molar-refractivity contribution in [1.29, 1.82) is 0 Å². The van der Waals surface area contributed by atoms with Gasteiger partial charge < -0.3 is 20.3 Å². The lowest BCUT2D eigenvalue weighted by molar-refractivity contribution is -0.137. The minimum Gasteiger partial charge on any atom is -0.461 e. The van der Waals surface area contributed by atoms with E-state index in [-0.39, 0.29) is 40.4 Å². The van der Waals surface area contributed by atoms with Crippen molar-refractivity contribution in [2.75, 3.05) is 57.0 Å². The largest absolute Gasteiger partial charge is 0.461 e. The van der Waals surface area contributed by atoms with E-state index in [1.165, 1.54) is 24.0 Å². The molecular weight excluding hydrogens is 585 g/mol. The van der Waals surface area contributed by atoms with Crippen LogP contribution in [0.25, 0.3) is 22.2 Å². The van der Waals surface area contributed by atoms with Gasteiger partial charge in [0.1, 0.15) is 18.2 Å². The Balaban J connectivity index is 1.60. The molecule has 0 saturated carbocycles. The molecule has 2 aliphatic rings. The minimum atomic E-state index is -4.74. The van der Waals surface area contributed by atoms with Crippen molar-refractivity contribution >= 4 is 40.0 Å². The molecule has 9 nitrogen and oxygen atoms in total. The summed E-state index contributed by atoms with van der Waals surface area (Å²) in [6.07, 6.45) is -5.16. The van der Waals surface area contributed by atoms with Crippen molar-refractivity contribution in [2.24, 2.45) is 0 Å². The highest BCUT2D eigenvalue weighted by Gasteiger charge is 2.51. The highest BCUT2D eigenvalue weighted by molar-refractivity contribution is 6.34. The molecule has 0 bridgehead atoms. The SMILES string of the molecule is CC(=O)N1CCN(c2nc(OCC3(C)CC(F)(F)CN3C)nc3cc(-c4nc(N)ccc4C(F)(F)F)c(Cl)cc23)CC1. The van der Waals surface area contributed by atoms with Gasteiger partial charge in [0.05, 0.1) is 33.9 Å². The van der Waals surface area contributed by atoms with Gasteiger partial charge in [-0.25, -0.2) is 13.8 Å². The molecule has 2 aromatic heterocycles. The molecule has 1 atom stereocenters. The van der Waals surface area contributed by atoms with E-state index in [2.05, 4.69) is 15.0 Å². The Morgan fingerprint density at radius 1 is 1.12 bits per heavy atom. The Kier molecular flexibility index (Phi) is 7.59. The van der Waals surface area contributed by atoms with Crippen LogP contribution >= 0.6 is 11.6 Å². The van der Waals surface area contributed by atoms with Crippen LogP contribution in [0.15, 0.2) is 24.3 Å². The Morgan fingerprint density at radius 3 is 2.40 bits per heavy atom. The Bertz CT molecular complexity index is 1530. The lowest BCUT2D eigenvalue weighted by atomic mass is 9.99. The third kappa shape index (κ3) is 5.87. The average Bonchev–Trinajstić information content (AvgIpc) is 3.12. The molecule has 4 heterocycles. The number of nitrogen functional groups attached to an aromatic ring is 1. The number of pyridine rings is 1. The standard InChI is InChI=1S/C27H29ClF5N7O2/c1-15(41)39-6-8-40(9-7-39)23-17-10-19(28)16(22-18(27(31,32)33)4-5-21(34)36-22)11-20(17)35-24(37-23)42-14-25(2)12-26(29,30)13-38(25)3/h4-5,10-11H,6-9,12-14H2,1-3H3,(H2,34,36). The smallest absolute Gasteiger partial charge is 0.418 e. The van der Waals surface area contributed by atoms with Gasteiger partial charge in [-0.3, -0.25) is 9.69 Å². The zero-order valence-electron chi connectivity index (χ0n) is 23.1. The maximum atomic E-state index is 14.1. The third-order valence-electron chi connectivity index (χ3n) is 7.79. The Hall–Kier alpha value is -3.52. The first kappa shape index (κ1) is 30.0.